The molecule has 2 heterocycles. The molecule has 7 heteroatoms. The van der Waals surface area contributed by atoms with Crippen LogP contribution in [-0.2, 0) is 0 Å². The second kappa shape index (κ2) is 6.72. The Bertz CT molecular complexity index is 1040. The number of benzene rings is 1. The summed E-state index contributed by atoms with van der Waals surface area (Å²) in [5, 5.41) is 10.7. The van der Waals surface area contributed by atoms with Crippen LogP contribution in [-0.4, -0.2) is 20.9 Å². The standard InChI is InChI=1S/C19H18BrN3O3/c20-12-6-7-16-14(9-12)11(10-21-16)8-15-17(24)22-19(26)23(18(15)25)13-4-2-1-3-5-13/h6-10,13,25H,1-5H2,(H,22,24,26). The van der Waals surface area contributed by atoms with Crippen molar-refractivity contribution < 1.29 is 5.11 Å². The molecule has 1 aliphatic carbocycles. The van der Waals surface area contributed by atoms with Gasteiger partial charge < -0.3 is 5.11 Å². The first kappa shape index (κ1) is 17.0. The Hall–Kier alpha value is -2.41. The largest absolute Gasteiger partial charge is 0.494 e. The van der Waals surface area contributed by atoms with Gasteiger partial charge in [-0.2, -0.15) is 0 Å². The van der Waals surface area contributed by atoms with Crippen LogP contribution < -0.4 is 11.2 Å². The third-order valence-electron chi connectivity index (χ3n) is 5.00. The molecule has 0 saturated heterocycles. The van der Waals surface area contributed by atoms with Gasteiger partial charge in [0, 0.05) is 27.9 Å². The number of aromatic amines is 1. The van der Waals surface area contributed by atoms with Gasteiger partial charge in [-0.3, -0.25) is 19.3 Å². The molecule has 1 aromatic heterocycles. The van der Waals surface area contributed by atoms with Crippen LogP contribution in [0.5, 0.6) is 5.88 Å². The zero-order valence-corrected chi connectivity index (χ0v) is 15.6. The van der Waals surface area contributed by atoms with Crippen molar-refractivity contribution in [1.82, 2.24) is 9.55 Å². The number of nitrogens with one attached hydrogen (secondary N) is 1. The molecule has 1 fully saturated rings. The van der Waals surface area contributed by atoms with Crippen LogP contribution in [0.1, 0.15) is 49.3 Å². The van der Waals surface area contributed by atoms with Gasteiger partial charge in [0.05, 0.1) is 5.69 Å². The van der Waals surface area contributed by atoms with Gasteiger partial charge in [-0.1, -0.05) is 35.2 Å². The fourth-order valence-corrected chi connectivity index (χ4v) is 4.05. The lowest BCUT2D eigenvalue weighted by Gasteiger charge is -2.24. The first-order valence-electron chi connectivity index (χ1n) is 8.68. The molecule has 0 atom stereocenters. The van der Waals surface area contributed by atoms with Crippen molar-refractivity contribution in [2.75, 3.05) is 0 Å². The van der Waals surface area contributed by atoms with Gasteiger partial charge >= 0.3 is 5.69 Å². The molecule has 0 unspecified atom stereocenters. The first-order valence-corrected chi connectivity index (χ1v) is 9.47. The van der Waals surface area contributed by atoms with Crippen LogP contribution in [0, 0.1) is 0 Å². The summed E-state index contributed by atoms with van der Waals surface area (Å²) < 4.78 is 2.24. The number of aromatic nitrogens is 2. The minimum atomic E-state index is -0.594. The summed E-state index contributed by atoms with van der Waals surface area (Å²) >= 11 is 3.43. The van der Waals surface area contributed by atoms with Gasteiger partial charge in [0.1, 0.15) is 5.56 Å². The Kier molecular flexibility index (Phi) is 4.40. The quantitative estimate of drug-likeness (QED) is 0.782. The van der Waals surface area contributed by atoms with E-state index in [1.54, 1.807) is 12.3 Å². The number of rotatable bonds is 2. The van der Waals surface area contributed by atoms with Crippen LogP contribution in [0.15, 0.2) is 37.3 Å². The summed E-state index contributed by atoms with van der Waals surface area (Å²) in [7, 11) is 0. The number of fused-ring (bicyclic) bond motifs is 1. The molecular formula is C19H18BrN3O3. The fraction of sp³-hybridized carbons (Fsp3) is 0.316. The maximum Gasteiger partial charge on any atom is 0.331 e. The van der Waals surface area contributed by atoms with Crippen LogP contribution in [0.3, 0.4) is 0 Å². The molecule has 4 rings (SSSR count). The van der Waals surface area contributed by atoms with Crippen molar-refractivity contribution in [2.24, 2.45) is 4.99 Å². The number of nitrogens with zero attached hydrogens (tertiary/aromatic N) is 2. The molecule has 6 nitrogen and oxygen atoms in total. The molecule has 0 bridgehead atoms. The lowest BCUT2D eigenvalue weighted by Crippen LogP contribution is -2.34. The van der Waals surface area contributed by atoms with Crippen molar-refractivity contribution in [3.8, 4) is 5.88 Å². The lowest BCUT2D eigenvalue weighted by atomic mass is 9.95. The first-order chi connectivity index (χ1) is 12.5. The number of halogens is 1. The molecule has 134 valence electrons. The predicted octanol–water partition coefficient (Wildman–Crippen LogP) is 3.77. The second-order valence-corrected chi connectivity index (χ2v) is 7.59. The van der Waals surface area contributed by atoms with E-state index in [2.05, 4.69) is 25.9 Å². The average molecular weight is 416 g/mol. The Morgan fingerprint density at radius 2 is 2.00 bits per heavy atom. The van der Waals surface area contributed by atoms with Crippen molar-refractivity contribution in [3.05, 3.63) is 54.6 Å². The Balaban J connectivity index is 1.84. The van der Waals surface area contributed by atoms with E-state index in [0.29, 0.717) is 0 Å². The molecule has 26 heavy (non-hydrogen) atoms. The van der Waals surface area contributed by atoms with Gasteiger partial charge in [-0.25, -0.2) is 4.79 Å². The molecule has 1 saturated carbocycles. The smallest absolute Gasteiger partial charge is 0.331 e. The highest BCUT2D eigenvalue weighted by Gasteiger charge is 2.23. The molecule has 2 N–H and O–H groups in total. The minimum absolute atomic E-state index is 0.0797. The maximum absolute atomic E-state index is 12.3. The highest BCUT2D eigenvalue weighted by atomic mass is 79.9. The third-order valence-corrected chi connectivity index (χ3v) is 5.50. The van der Waals surface area contributed by atoms with E-state index < -0.39 is 11.2 Å². The molecule has 0 spiro atoms. The molecule has 0 radical (unpaired) electrons. The Labute approximate surface area is 158 Å². The molecule has 1 aromatic carbocycles. The normalized spacial score (nSPS) is 18.4. The van der Waals surface area contributed by atoms with E-state index in [4.69, 9.17) is 0 Å². The summed E-state index contributed by atoms with van der Waals surface area (Å²) in [5.41, 5.74) is 1.33. The summed E-state index contributed by atoms with van der Waals surface area (Å²) in [6.07, 6.45) is 8.06. The average Bonchev–Trinajstić information content (AvgIpc) is 3.01. The molecular weight excluding hydrogens is 398 g/mol. The second-order valence-electron chi connectivity index (χ2n) is 6.68. The monoisotopic (exact) mass is 415 g/mol. The van der Waals surface area contributed by atoms with E-state index in [1.165, 1.54) is 4.57 Å². The zero-order chi connectivity index (χ0) is 18.3. The van der Waals surface area contributed by atoms with Gasteiger partial charge in [0.25, 0.3) is 5.56 Å². The number of hydrogen-bond donors (Lipinski definition) is 2. The van der Waals surface area contributed by atoms with E-state index in [1.807, 2.05) is 18.2 Å². The van der Waals surface area contributed by atoms with Crippen molar-refractivity contribution >= 4 is 39.5 Å². The van der Waals surface area contributed by atoms with Gasteiger partial charge in [-0.05, 0) is 37.1 Å². The topological polar surface area (TPSA) is 87.5 Å². The van der Waals surface area contributed by atoms with Crippen LogP contribution in [0.2, 0.25) is 0 Å². The summed E-state index contributed by atoms with van der Waals surface area (Å²) in [6.45, 7) is 0. The maximum atomic E-state index is 12.3. The summed E-state index contributed by atoms with van der Waals surface area (Å²) in [6, 6.07) is 5.61. The molecule has 2 aromatic rings. The lowest BCUT2D eigenvalue weighted by molar-refractivity contribution is 0.298. The van der Waals surface area contributed by atoms with Crippen LogP contribution in [0.25, 0.3) is 11.6 Å². The number of aliphatic imine (C=N–C) groups is 1. The van der Waals surface area contributed by atoms with Gasteiger partial charge in [-0.15, -0.1) is 0 Å². The van der Waals surface area contributed by atoms with Gasteiger partial charge in [0.2, 0.25) is 5.88 Å². The van der Waals surface area contributed by atoms with Crippen molar-refractivity contribution in [3.63, 3.8) is 0 Å². The van der Waals surface area contributed by atoms with E-state index in [-0.39, 0.29) is 17.5 Å². The number of H-pyrrole nitrogens is 1. The summed E-state index contributed by atoms with van der Waals surface area (Å²) in [5.74, 6) is -0.269. The Morgan fingerprint density at radius 3 is 2.77 bits per heavy atom. The number of aromatic hydroxyl groups is 1. The SMILES string of the molecule is O=c1[nH]c(=O)n(C2CCCCC2)c(O)c1C=C1C=Nc2ccc(Br)cc21. The van der Waals surface area contributed by atoms with Gasteiger partial charge in [0.15, 0.2) is 0 Å². The third kappa shape index (κ3) is 2.96. The van der Waals surface area contributed by atoms with Crippen LogP contribution in [0.4, 0.5) is 5.69 Å². The predicted molar refractivity (Wildman–Crippen MR) is 105 cm³/mol. The highest BCUT2D eigenvalue weighted by Crippen LogP contribution is 2.36. The fourth-order valence-electron chi connectivity index (χ4n) is 3.69. The van der Waals surface area contributed by atoms with E-state index >= 15 is 0 Å². The number of allylic oxidation sites excluding steroid dienone is 1. The van der Waals surface area contributed by atoms with E-state index in [0.717, 1.165) is 53.4 Å². The Morgan fingerprint density at radius 1 is 1.23 bits per heavy atom. The minimum Gasteiger partial charge on any atom is -0.494 e. The van der Waals surface area contributed by atoms with E-state index in [9.17, 15) is 14.7 Å². The van der Waals surface area contributed by atoms with Crippen molar-refractivity contribution in [1.29, 1.82) is 0 Å². The van der Waals surface area contributed by atoms with Crippen LogP contribution >= 0.6 is 15.9 Å². The number of hydrogen-bond acceptors (Lipinski definition) is 4. The molecule has 0 amide bonds. The highest BCUT2D eigenvalue weighted by molar-refractivity contribution is 9.10. The molecule has 2 aliphatic rings. The zero-order valence-electron chi connectivity index (χ0n) is 14.0. The van der Waals surface area contributed by atoms with Crippen molar-refractivity contribution in [2.45, 2.75) is 38.1 Å². The summed E-state index contributed by atoms with van der Waals surface area (Å²) in [4.78, 5) is 31.3. The molecule has 1 aliphatic heterocycles.